The fraction of sp³-hybridized carbons (Fsp3) is 0.389. The number of esters is 1. The van der Waals surface area contributed by atoms with E-state index in [2.05, 4.69) is 10.4 Å². The van der Waals surface area contributed by atoms with Gasteiger partial charge in [0, 0.05) is 17.9 Å². The van der Waals surface area contributed by atoms with Gasteiger partial charge in [-0.3, -0.25) is 9.59 Å². The Morgan fingerprint density at radius 2 is 2.24 bits per heavy atom. The molecule has 7 nitrogen and oxygen atoms in total. The lowest BCUT2D eigenvalue weighted by Crippen LogP contribution is -2.26. The van der Waals surface area contributed by atoms with E-state index < -0.39 is 0 Å². The third-order valence-electron chi connectivity index (χ3n) is 4.25. The van der Waals surface area contributed by atoms with E-state index >= 15 is 0 Å². The van der Waals surface area contributed by atoms with Gasteiger partial charge < -0.3 is 14.8 Å². The van der Waals surface area contributed by atoms with Crippen molar-refractivity contribution in [3.8, 4) is 5.75 Å². The zero-order valence-electron chi connectivity index (χ0n) is 14.5. The fourth-order valence-corrected chi connectivity index (χ4v) is 3.20. The number of aromatic nitrogens is 2. The van der Waals surface area contributed by atoms with Gasteiger partial charge in [0.2, 0.25) is 5.91 Å². The number of nitrogens with one attached hydrogen (secondary N) is 1. The highest BCUT2D eigenvalue weighted by Gasteiger charge is 2.32. The van der Waals surface area contributed by atoms with Crippen molar-refractivity contribution in [2.75, 3.05) is 19.0 Å². The van der Waals surface area contributed by atoms with E-state index in [1.165, 1.54) is 4.68 Å². The summed E-state index contributed by atoms with van der Waals surface area (Å²) >= 11 is 0. The maximum absolute atomic E-state index is 12.2. The molecule has 0 radical (unpaired) electrons. The van der Waals surface area contributed by atoms with Gasteiger partial charge in [0.1, 0.15) is 18.1 Å². The molecule has 1 aromatic heterocycles. The van der Waals surface area contributed by atoms with Crippen LogP contribution in [0.1, 0.15) is 36.1 Å². The minimum atomic E-state index is -0.384. The number of carbonyl (C=O) groups is 2. The van der Waals surface area contributed by atoms with E-state index in [1.807, 2.05) is 31.2 Å². The summed E-state index contributed by atoms with van der Waals surface area (Å²) < 4.78 is 11.8. The Kier molecular flexibility index (Phi) is 4.74. The normalized spacial score (nSPS) is 16.1. The van der Waals surface area contributed by atoms with Gasteiger partial charge in [-0.25, -0.2) is 4.68 Å². The van der Waals surface area contributed by atoms with E-state index in [0.717, 1.165) is 22.6 Å². The van der Waals surface area contributed by atoms with Crippen molar-refractivity contribution in [3.05, 3.63) is 41.1 Å². The largest absolute Gasteiger partial charge is 0.497 e. The third-order valence-corrected chi connectivity index (χ3v) is 4.25. The fourth-order valence-electron chi connectivity index (χ4n) is 3.20. The summed E-state index contributed by atoms with van der Waals surface area (Å²) in [5, 5.41) is 7.28. The second kappa shape index (κ2) is 6.96. The molecule has 2 heterocycles. The number of anilines is 1. The molecular weight excluding hydrogens is 322 g/mol. The van der Waals surface area contributed by atoms with E-state index in [4.69, 9.17) is 9.47 Å². The average molecular weight is 343 g/mol. The summed E-state index contributed by atoms with van der Waals surface area (Å²) in [4.78, 5) is 24.0. The van der Waals surface area contributed by atoms with E-state index in [0.29, 0.717) is 18.8 Å². The number of hydrogen-bond acceptors (Lipinski definition) is 5. The monoisotopic (exact) mass is 343 g/mol. The number of carbonyl (C=O) groups excluding carboxylic acids is 2. The Labute approximate surface area is 145 Å². The molecule has 0 bridgehead atoms. The lowest BCUT2D eigenvalue weighted by Gasteiger charge is -2.24. The zero-order valence-corrected chi connectivity index (χ0v) is 14.5. The number of aryl methyl sites for hydroxylation is 1. The van der Waals surface area contributed by atoms with Crippen LogP contribution in [0.4, 0.5) is 5.82 Å². The van der Waals surface area contributed by atoms with Crippen LogP contribution in [0.2, 0.25) is 0 Å². The van der Waals surface area contributed by atoms with Crippen LogP contribution in [0.3, 0.4) is 0 Å². The highest BCUT2D eigenvalue weighted by molar-refractivity contribution is 5.95. The van der Waals surface area contributed by atoms with Crippen molar-refractivity contribution in [2.45, 2.75) is 32.7 Å². The Morgan fingerprint density at radius 1 is 1.44 bits per heavy atom. The SMILES string of the molecule is CCOC(=O)Cn1nc(C)c2c1NC(=O)C[C@H]2c1cccc(OC)c1. The maximum Gasteiger partial charge on any atom is 0.327 e. The summed E-state index contributed by atoms with van der Waals surface area (Å²) in [6.45, 7) is 3.91. The smallest absolute Gasteiger partial charge is 0.327 e. The van der Waals surface area contributed by atoms with Gasteiger partial charge in [-0.05, 0) is 31.5 Å². The van der Waals surface area contributed by atoms with Crippen LogP contribution in [-0.2, 0) is 20.9 Å². The minimum absolute atomic E-state index is 0.0326. The number of fused-ring (bicyclic) bond motifs is 1. The van der Waals surface area contributed by atoms with Crippen LogP contribution in [0.25, 0.3) is 0 Å². The van der Waals surface area contributed by atoms with Gasteiger partial charge in [0.15, 0.2) is 0 Å². The van der Waals surface area contributed by atoms with E-state index in [9.17, 15) is 9.59 Å². The first-order valence-corrected chi connectivity index (χ1v) is 8.20. The number of ether oxygens (including phenoxy) is 2. The van der Waals surface area contributed by atoms with Crippen LogP contribution in [0, 0.1) is 6.92 Å². The molecule has 1 aliphatic heterocycles. The molecule has 1 aliphatic rings. The lowest BCUT2D eigenvalue weighted by atomic mass is 9.86. The molecule has 0 saturated heterocycles. The molecule has 0 fully saturated rings. The quantitative estimate of drug-likeness (QED) is 0.842. The predicted octanol–water partition coefficient (Wildman–Crippen LogP) is 2.24. The molecule has 7 heteroatoms. The standard InChI is InChI=1S/C18H21N3O4/c1-4-25-16(23)10-21-18-17(11(2)20-21)14(9-15(22)19-18)12-6-5-7-13(8-12)24-3/h5-8,14H,4,9-10H2,1-3H3,(H,19,22)/t14-/m0/s1. The van der Waals surface area contributed by atoms with Crippen LogP contribution in [0.5, 0.6) is 5.75 Å². The summed E-state index contributed by atoms with van der Waals surface area (Å²) in [6.07, 6.45) is 0.326. The molecule has 25 heavy (non-hydrogen) atoms. The lowest BCUT2D eigenvalue weighted by molar-refractivity contribution is -0.144. The van der Waals surface area contributed by atoms with Gasteiger partial charge in [-0.2, -0.15) is 5.10 Å². The second-order valence-electron chi connectivity index (χ2n) is 5.89. The van der Waals surface area contributed by atoms with Crippen LogP contribution in [0.15, 0.2) is 24.3 Å². The maximum atomic E-state index is 12.2. The molecular formula is C18H21N3O4. The van der Waals surface area contributed by atoms with E-state index in [1.54, 1.807) is 14.0 Å². The zero-order chi connectivity index (χ0) is 18.0. The summed E-state index contributed by atoms with van der Waals surface area (Å²) in [6, 6.07) is 7.66. The van der Waals surface area contributed by atoms with E-state index in [-0.39, 0.29) is 24.3 Å². The molecule has 0 spiro atoms. The number of rotatable bonds is 5. The first-order valence-electron chi connectivity index (χ1n) is 8.20. The number of methoxy groups -OCH3 is 1. The van der Waals surface area contributed by atoms with Gasteiger partial charge >= 0.3 is 5.97 Å². The Morgan fingerprint density at radius 3 is 2.96 bits per heavy atom. The first-order chi connectivity index (χ1) is 12.0. The number of benzene rings is 1. The predicted molar refractivity (Wildman–Crippen MR) is 91.7 cm³/mol. The van der Waals surface area contributed by atoms with Gasteiger partial charge in [-0.1, -0.05) is 12.1 Å². The van der Waals surface area contributed by atoms with Crippen LogP contribution >= 0.6 is 0 Å². The number of hydrogen-bond donors (Lipinski definition) is 1. The summed E-state index contributed by atoms with van der Waals surface area (Å²) in [5.74, 6) is 0.682. The van der Waals surface area contributed by atoms with Crippen molar-refractivity contribution in [1.82, 2.24) is 9.78 Å². The number of amides is 1. The minimum Gasteiger partial charge on any atom is -0.497 e. The van der Waals surface area contributed by atoms with Crippen molar-refractivity contribution in [3.63, 3.8) is 0 Å². The molecule has 132 valence electrons. The highest BCUT2D eigenvalue weighted by Crippen LogP contribution is 2.39. The summed E-state index contributed by atoms with van der Waals surface area (Å²) in [5.41, 5.74) is 2.69. The van der Waals surface area contributed by atoms with Gasteiger partial charge in [-0.15, -0.1) is 0 Å². The Balaban J connectivity index is 2.01. The number of nitrogens with zero attached hydrogens (tertiary/aromatic N) is 2. The molecule has 0 aliphatic carbocycles. The van der Waals surface area contributed by atoms with Crippen LogP contribution in [-0.4, -0.2) is 35.4 Å². The Bertz CT molecular complexity index is 813. The molecule has 1 amide bonds. The molecule has 3 rings (SSSR count). The van der Waals surface area contributed by atoms with Gasteiger partial charge in [0.25, 0.3) is 0 Å². The molecule has 1 aromatic carbocycles. The van der Waals surface area contributed by atoms with Crippen molar-refractivity contribution in [2.24, 2.45) is 0 Å². The Hall–Kier alpha value is -2.83. The van der Waals surface area contributed by atoms with Crippen molar-refractivity contribution >= 4 is 17.7 Å². The van der Waals surface area contributed by atoms with Crippen LogP contribution < -0.4 is 10.1 Å². The molecule has 0 unspecified atom stereocenters. The second-order valence-corrected chi connectivity index (χ2v) is 5.89. The topological polar surface area (TPSA) is 82.5 Å². The van der Waals surface area contributed by atoms with Crippen molar-refractivity contribution in [1.29, 1.82) is 0 Å². The molecule has 1 atom stereocenters. The van der Waals surface area contributed by atoms with Gasteiger partial charge in [0.05, 0.1) is 19.4 Å². The molecule has 0 saturated carbocycles. The highest BCUT2D eigenvalue weighted by atomic mass is 16.5. The molecule has 2 aromatic rings. The first kappa shape index (κ1) is 17.0. The third kappa shape index (κ3) is 3.35. The summed E-state index contributed by atoms with van der Waals surface area (Å²) in [7, 11) is 1.61. The average Bonchev–Trinajstić information content (AvgIpc) is 2.90. The molecule has 1 N–H and O–H groups in total. The van der Waals surface area contributed by atoms with Crippen molar-refractivity contribution < 1.29 is 19.1 Å².